The summed E-state index contributed by atoms with van der Waals surface area (Å²) in [6.07, 6.45) is 8.43. The van der Waals surface area contributed by atoms with Gasteiger partial charge in [-0.2, -0.15) is 0 Å². The summed E-state index contributed by atoms with van der Waals surface area (Å²) in [6, 6.07) is 1.05. The molecule has 0 bridgehead atoms. The van der Waals surface area contributed by atoms with Gasteiger partial charge in [0.25, 0.3) is 0 Å². The van der Waals surface area contributed by atoms with Gasteiger partial charge in [0, 0.05) is 18.7 Å². The fraction of sp³-hybridized carbons (Fsp3) is 0.846. The summed E-state index contributed by atoms with van der Waals surface area (Å²) in [7, 11) is 0. The maximum absolute atomic E-state index is 5.51. The van der Waals surface area contributed by atoms with Crippen LogP contribution < -0.4 is 5.32 Å². The van der Waals surface area contributed by atoms with Crippen LogP contribution in [0.2, 0.25) is 0 Å². The molecule has 0 aromatic carbocycles. The summed E-state index contributed by atoms with van der Waals surface area (Å²) in [4.78, 5) is 0. The van der Waals surface area contributed by atoms with Gasteiger partial charge in [0.1, 0.15) is 0 Å². The van der Waals surface area contributed by atoms with Crippen molar-refractivity contribution in [1.82, 2.24) is 5.32 Å². The van der Waals surface area contributed by atoms with Crippen molar-refractivity contribution in [2.75, 3.05) is 13.2 Å². The summed E-state index contributed by atoms with van der Waals surface area (Å²) < 4.78 is 5.51. The van der Waals surface area contributed by atoms with Crippen LogP contribution in [0.1, 0.15) is 40.0 Å². The maximum atomic E-state index is 5.51. The zero-order chi connectivity index (χ0) is 11.1. The lowest BCUT2D eigenvalue weighted by molar-refractivity contribution is 0.105. The van der Waals surface area contributed by atoms with Gasteiger partial charge < -0.3 is 10.1 Å². The van der Waals surface area contributed by atoms with Crippen LogP contribution in [0.25, 0.3) is 0 Å². The number of rotatable bonds is 6. The number of hydrogen-bond donors (Lipinski definition) is 1. The smallest absolute Gasteiger partial charge is 0.0622 e. The van der Waals surface area contributed by atoms with Crippen LogP contribution in [0.3, 0.4) is 0 Å². The average molecular weight is 211 g/mol. The van der Waals surface area contributed by atoms with E-state index in [9.17, 15) is 0 Å². The first-order valence-electron chi connectivity index (χ1n) is 6.24. The second-order valence-electron chi connectivity index (χ2n) is 4.64. The van der Waals surface area contributed by atoms with E-state index in [-0.39, 0.29) is 0 Å². The van der Waals surface area contributed by atoms with Crippen LogP contribution in [0, 0.1) is 5.92 Å². The molecule has 1 N–H and O–H groups in total. The average Bonchev–Trinajstić information content (AvgIpc) is 2.25. The molecule has 0 aromatic heterocycles. The lowest BCUT2D eigenvalue weighted by Crippen LogP contribution is -2.44. The Morgan fingerprint density at radius 2 is 2.27 bits per heavy atom. The Bertz CT molecular complexity index is 189. The van der Waals surface area contributed by atoms with E-state index in [4.69, 9.17) is 4.74 Å². The van der Waals surface area contributed by atoms with Gasteiger partial charge in [-0.25, -0.2) is 0 Å². The summed E-state index contributed by atoms with van der Waals surface area (Å²) in [5, 5.41) is 3.68. The molecule has 0 fully saturated rings. The Kier molecular flexibility index (Phi) is 5.96. The van der Waals surface area contributed by atoms with Gasteiger partial charge in [0.15, 0.2) is 0 Å². The molecule has 0 saturated carbocycles. The summed E-state index contributed by atoms with van der Waals surface area (Å²) in [5.74, 6) is 0.631. The monoisotopic (exact) mass is 211 g/mol. The van der Waals surface area contributed by atoms with Crippen LogP contribution in [0.4, 0.5) is 0 Å². The third kappa shape index (κ3) is 4.80. The van der Waals surface area contributed by atoms with Crippen molar-refractivity contribution in [3.63, 3.8) is 0 Å². The minimum atomic E-state index is 0.484. The molecule has 0 amide bonds. The first-order chi connectivity index (χ1) is 7.24. The summed E-state index contributed by atoms with van der Waals surface area (Å²) in [6.45, 7) is 8.20. The highest BCUT2D eigenvalue weighted by Crippen LogP contribution is 2.13. The Hall–Kier alpha value is -0.340. The molecule has 0 heterocycles. The second-order valence-corrected chi connectivity index (χ2v) is 4.64. The fourth-order valence-corrected chi connectivity index (χ4v) is 1.90. The molecule has 2 atom stereocenters. The van der Waals surface area contributed by atoms with Crippen molar-refractivity contribution in [2.45, 2.75) is 52.1 Å². The molecule has 2 nitrogen and oxygen atoms in total. The zero-order valence-electron chi connectivity index (χ0n) is 10.3. The van der Waals surface area contributed by atoms with Crippen molar-refractivity contribution >= 4 is 0 Å². The largest absolute Gasteiger partial charge is 0.380 e. The molecule has 0 spiro atoms. The maximum Gasteiger partial charge on any atom is 0.0622 e. The van der Waals surface area contributed by atoms with Gasteiger partial charge in [0.2, 0.25) is 0 Å². The van der Waals surface area contributed by atoms with Gasteiger partial charge in [-0.15, -0.1) is 0 Å². The van der Waals surface area contributed by atoms with Crippen LogP contribution in [0.5, 0.6) is 0 Å². The number of allylic oxidation sites excluding steroid dienone is 1. The SMILES string of the molecule is CCOCC(NC1C=CCCC1)C(C)C. The molecule has 0 saturated heterocycles. The van der Waals surface area contributed by atoms with E-state index in [0.29, 0.717) is 18.0 Å². The van der Waals surface area contributed by atoms with E-state index < -0.39 is 0 Å². The molecule has 0 radical (unpaired) electrons. The highest BCUT2D eigenvalue weighted by Gasteiger charge is 2.17. The van der Waals surface area contributed by atoms with Crippen LogP contribution >= 0.6 is 0 Å². The molecule has 0 aromatic rings. The lowest BCUT2D eigenvalue weighted by Gasteiger charge is -2.28. The van der Waals surface area contributed by atoms with E-state index in [1.165, 1.54) is 19.3 Å². The Balaban J connectivity index is 2.35. The molecular formula is C13H25NO. The van der Waals surface area contributed by atoms with Crippen molar-refractivity contribution in [3.8, 4) is 0 Å². The summed E-state index contributed by atoms with van der Waals surface area (Å²) in [5.41, 5.74) is 0. The molecule has 1 rings (SSSR count). The molecule has 2 unspecified atom stereocenters. The Labute approximate surface area is 94.1 Å². The van der Waals surface area contributed by atoms with E-state index in [1.54, 1.807) is 0 Å². The quantitative estimate of drug-likeness (QED) is 0.682. The van der Waals surface area contributed by atoms with Crippen LogP contribution in [-0.2, 0) is 4.74 Å². The van der Waals surface area contributed by atoms with Gasteiger partial charge in [0.05, 0.1) is 6.61 Å². The highest BCUT2D eigenvalue weighted by molar-refractivity contribution is 4.98. The first-order valence-corrected chi connectivity index (χ1v) is 6.24. The predicted molar refractivity (Wildman–Crippen MR) is 65.0 cm³/mol. The van der Waals surface area contributed by atoms with Gasteiger partial charge in [-0.3, -0.25) is 0 Å². The van der Waals surface area contributed by atoms with Crippen LogP contribution in [-0.4, -0.2) is 25.3 Å². The number of nitrogens with one attached hydrogen (secondary N) is 1. The first kappa shape index (κ1) is 12.7. The predicted octanol–water partition coefficient (Wildman–Crippen LogP) is 2.75. The molecule has 1 aliphatic carbocycles. The van der Waals surface area contributed by atoms with E-state index in [1.807, 2.05) is 0 Å². The minimum absolute atomic E-state index is 0.484. The van der Waals surface area contributed by atoms with E-state index in [2.05, 4.69) is 38.2 Å². The minimum Gasteiger partial charge on any atom is -0.380 e. The number of ether oxygens (including phenoxy) is 1. The standard InChI is InChI=1S/C13H25NO/c1-4-15-10-13(11(2)3)14-12-8-6-5-7-9-12/h6,8,11-14H,4-5,7,9-10H2,1-3H3. The molecule has 88 valence electrons. The topological polar surface area (TPSA) is 21.3 Å². The summed E-state index contributed by atoms with van der Waals surface area (Å²) >= 11 is 0. The van der Waals surface area contributed by atoms with Crippen molar-refractivity contribution < 1.29 is 4.74 Å². The van der Waals surface area contributed by atoms with Crippen molar-refractivity contribution in [1.29, 1.82) is 0 Å². The van der Waals surface area contributed by atoms with Crippen molar-refractivity contribution in [2.24, 2.45) is 5.92 Å². The van der Waals surface area contributed by atoms with E-state index in [0.717, 1.165) is 13.2 Å². The second kappa shape index (κ2) is 7.02. The molecule has 1 aliphatic rings. The normalized spacial score (nSPS) is 23.3. The molecule has 0 aliphatic heterocycles. The Morgan fingerprint density at radius 3 is 2.80 bits per heavy atom. The fourth-order valence-electron chi connectivity index (χ4n) is 1.90. The lowest BCUT2D eigenvalue weighted by atomic mass is 9.99. The highest BCUT2D eigenvalue weighted by atomic mass is 16.5. The van der Waals surface area contributed by atoms with Gasteiger partial charge >= 0.3 is 0 Å². The third-order valence-corrected chi connectivity index (χ3v) is 2.99. The molecular weight excluding hydrogens is 186 g/mol. The van der Waals surface area contributed by atoms with E-state index >= 15 is 0 Å². The van der Waals surface area contributed by atoms with Gasteiger partial charge in [-0.1, -0.05) is 26.0 Å². The molecule has 15 heavy (non-hydrogen) atoms. The van der Waals surface area contributed by atoms with Gasteiger partial charge in [-0.05, 0) is 32.1 Å². The van der Waals surface area contributed by atoms with Crippen molar-refractivity contribution in [3.05, 3.63) is 12.2 Å². The van der Waals surface area contributed by atoms with Crippen LogP contribution in [0.15, 0.2) is 12.2 Å². The number of hydrogen-bond acceptors (Lipinski definition) is 2. The molecule has 2 heteroatoms. The third-order valence-electron chi connectivity index (χ3n) is 2.99. The Morgan fingerprint density at radius 1 is 1.47 bits per heavy atom. The zero-order valence-corrected chi connectivity index (χ0v) is 10.3.